The molecule has 5 heteroatoms. The molecule has 1 heterocycles. The normalized spacial score (nSPS) is 15.4. The fourth-order valence-electron chi connectivity index (χ4n) is 3.80. The van der Waals surface area contributed by atoms with E-state index in [1.165, 1.54) is 42.6 Å². The molecular formula is C22H30N3OS+. The Kier molecular flexibility index (Phi) is 6.69. The van der Waals surface area contributed by atoms with Gasteiger partial charge in [-0.05, 0) is 61.5 Å². The van der Waals surface area contributed by atoms with Crippen LogP contribution in [0.2, 0.25) is 0 Å². The lowest BCUT2D eigenvalue weighted by Gasteiger charge is -2.27. The highest BCUT2D eigenvalue weighted by Crippen LogP contribution is 2.23. The van der Waals surface area contributed by atoms with Crippen LogP contribution in [0.4, 0.5) is 5.69 Å². The molecule has 4 nitrogen and oxygen atoms in total. The summed E-state index contributed by atoms with van der Waals surface area (Å²) >= 11 is 5.55. The van der Waals surface area contributed by atoms with Crippen molar-refractivity contribution in [2.24, 2.45) is 0 Å². The van der Waals surface area contributed by atoms with Gasteiger partial charge in [-0.15, -0.1) is 0 Å². The minimum absolute atomic E-state index is 0.322. The van der Waals surface area contributed by atoms with Gasteiger partial charge in [0.05, 0.1) is 32.3 Å². The fraction of sp³-hybridized carbons (Fsp3) is 0.409. The average molecular weight is 385 g/mol. The zero-order chi connectivity index (χ0) is 19.2. The molecule has 0 radical (unpaired) electrons. The van der Waals surface area contributed by atoms with Gasteiger partial charge in [-0.3, -0.25) is 0 Å². The third kappa shape index (κ3) is 4.99. The van der Waals surface area contributed by atoms with E-state index in [2.05, 4.69) is 54.8 Å². The maximum atomic E-state index is 5.62. The van der Waals surface area contributed by atoms with Crippen molar-refractivity contribution in [1.82, 2.24) is 5.32 Å². The van der Waals surface area contributed by atoms with Gasteiger partial charge >= 0.3 is 0 Å². The molecule has 0 bridgehead atoms. The van der Waals surface area contributed by atoms with Crippen LogP contribution in [0.25, 0.3) is 0 Å². The first-order valence-electron chi connectivity index (χ1n) is 9.68. The SMILES string of the molecule is COc1ccccc1[C@@H](CNC(=S)Nc1ccc(C)c(C)c1)[NH+]1CCCC1. The molecule has 0 aromatic heterocycles. The number of rotatable bonds is 6. The molecule has 3 N–H and O–H groups in total. The molecular weight excluding hydrogens is 354 g/mol. The summed E-state index contributed by atoms with van der Waals surface area (Å²) in [5, 5.41) is 7.42. The summed E-state index contributed by atoms with van der Waals surface area (Å²) in [4.78, 5) is 1.60. The summed E-state index contributed by atoms with van der Waals surface area (Å²) in [7, 11) is 1.74. The van der Waals surface area contributed by atoms with Gasteiger partial charge in [-0.2, -0.15) is 0 Å². The van der Waals surface area contributed by atoms with E-state index in [-0.39, 0.29) is 0 Å². The molecule has 0 amide bonds. The highest BCUT2D eigenvalue weighted by atomic mass is 32.1. The van der Waals surface area contributed by atoms with E-state index in [0.717, 1.165) is 18.0 Å². The largest absolute Gasteiger partial charge is 0.496 e. The van der Waals surface area contributed by atoms with Crippen LogP contribution in [0.15, 0.2) is 42.5 Å². The minimum Gasteiger partial charge on any atom is -0.496 e. The number of hydrogen-bond donors (Lipinski definition) is 3. The van der Waals surface area contributed by atoms with E-state index in [1.807, 2.05) is 12.1 Å². The second-order valence-electron chi connectivity index (χ2n) is 7.29. The summed E-state index contributed by atoms with van der Waals surface area (Å²) in [5.41, 5.74) is 4.82. The number of nitrogens with one attached hydrogen (secondary N) is 3. The van der Waals surface area contributed by atoms with Gasteiger partial charge in [0.2, 0.25) is 0 Å². The monoisotopic (exact) mass is 384 g/mol. The number of hydrogen-bond acceptors (Lipinski definition) is 2. The van der Waals surface area contributed by atoms with Crippen molar-refractivity contribution in [2.75, 3.05) is 32.1 Å². The molecule has 0 aliphatic carbocycles. The highest BCUT2D eigenvalue weighted by molar-refractivity contribution is 7.80. The Morgan fingerprint density at radius 2 is 1.85 bits per heavy atom. The summed E-state index contributed by atoms with van der Waals surface area (Å²) < 4.78 is 5.62. The average Bonchev–Trinajstić information content (AvgIpc) is 3.20. The number of anilines is 1. The van der Waals surface area contributed by atoms with Gasteiger partial charge in [0.25, 0.3) is 0 Å². The van der Waals surface area contributed by atoms with Crippen molar-refractivity contribution in [3.05, 3.63) is 59.2 Å². The molecule has 1 atom stereocenters. The van der Waals surface area contributed by atoms with Crippen molar-refractivity contribution in [3.8, 4) is 5.75 Å². The summed E-state index contributed by atoms with van der Waals surface area (Å²) in [6, 6.07) is 15.0. The van der Waals surface area contributed by atoms with Crippen LogP contribution in [0.1, 0.15) is 35.6 Å². The molecule has 2 aromatic carbocycles. The summed E-state index contributed by atoms with van der Waals surface area (Å²) in [6.07, 6.45) is 2.57. The topological polar surface area (TPSA) is 37.7 Å². The first kappa shape index (κ1) is 19.6. The maximum absolute atomic E-state index is 5.62. The lowest BCUT2D eigenvalue weighted by atomic mass is 10.0. The maximum Gasteiger partial charge on any atom is 0.171 e. The number of benzene rings is 2. The van der Waals surface area contributed by atoms with E-state index >= 15 is 0 Å². The van der Waals surface area contributed by atoms with Gasteiger partial charge in [-0.25, -0.2) is 0 Å². The highest BCUT2D eigenvalue weighted by Gasteiger charge is 2.29. The Bertz CT molecular complexity index is 787. The number of quaternary nitrogens is 1. The number of aryl methyl sites for hydroxylation is 2. The Labute approximate surface area is 167 Å². The van der Waals surface area contributed by atoms with Gasteiger partial charge in [0.1, 0.15) is 11.8 Å². The first-order chi connectivity index (χ1) is 13.1. The first-order valence-corrected chi connectivity index (χ1v) is 10.1. The quantitative estimate of drug-likeness (QED) is 0.670. The summed E-state index contributed by atoms with van der Waals surface area (Å²) in [6.45, 7) is 7.41. The van der Waals surface area contributed by atoms with E-state index in [4.69, 9.17) is 17.0 Å². The Morgan fingerprint density at radius 1 is 1.11 bits per heavy atom. The van der Waals surface area contributed by atoms with Crippen LogP contribution in [0.3, 0.4) is 0 Å². The Hall–Kier alpha value is -2.11. The third-order valence-corrected chi connectivity index (χ3v) is 5.73. The number of para-hydroxylation sites is 1. The van der Waals surface area contributed by atoms with Crippen LogP contribution in [0.5, 0.6) is 5.75 Å². The molecule has 0 spiro atoms. The molecule has 27 heavy (non-hydrogen) atoms. The predicted molar refractivity (Wildman–Crippen MR) is 116 cm³/mol. The molecule has 144 valence electrons. The van der Waals surface area contributed by atoms with Crippen LogP contribution in [-0.4, -0.2) is 31.9 Å². The van der Waals surface area contributed by atoms with Crippen LogP contribution in [0, 0.1) is 13.8 Å². The molecule has 1 fully saturated rings. The zero-order valence-electron chi connectivity index (χ0n) is 16.5. The Balaban J connectivity index is 1.68. The number of likely N-dealkylation sites (tertiary alicyclic amines) is 1. The number of thiocarbonyl (C=S) groups is 1. The van der Waals surface area contributed by atoms with Crippen molar-refractivity contribution in [2.45, 2.75) is 32.7 Å². The van der Waals surface area contributed by atoms with Crippen LogP contribution >= 0.6 is 12.2 Å². The van der Waals surface area contributed by atoms with E-state index < -0.39 is 0 Å². The van der Waals surface area contributed by atoms with Gasteiger partial charge < -0.3 is 20.3 Å². The molecule has 0 unspecified atom stereocenters. The lowest BCUT2D eigenvalue weighted by Crippen LogP contribution is -3.11. The van der Waals surface area contributed by atoms with E-state index in [9.17, 15) is 0 Å². The van der Waals surface area contributed by atoms with Crippen LogP contribution < -0.4 is 20.3 Å². The standard InChI is InChI=1S/C22H29N3OS/c1-16-10-11-18(14-17(16)2)24-22(27)23-15-20(25-12-6-7-13-25)19-8-4-5-9-21(19)26-3/h4-5,8-11,14,20H,6-7,12-13,15H2,1-3H3,(H2,23,24,27)/p+1/t20-/m1/s1. The molecule has 3 rings (SSSR count). The number of methoxy groups -OCH3 is 1. The smallest absolute Gasteiger partial charge is 0.171 e. The minimum atomic E-state index is 0.322. The Morgan fingerprint density at radius 3 is 2.56 bits per heavy atom. The molecule has 0 saturated carbocycles. The van der Waals surface area contributed by atoms with E-state index in [0.29, 0.717) is 11.2 Å². The summed E-state index contributed by atoms with van der Waals surface area (Å²) in [5.74, 6) is 0.955. The second kappa shape index (κ2) is 9.20. The van der Waals surface area contributed by atoms with E-state index in [1.54, 1.807) is 12.0 Å². The lowest BCUT2D eigenvalue weighted by molar-refractivity contribution is -0.918. The van der Waals surface area contributed by atoms with Gasteiger partial charge in [-0.1, -0.05) is 18.2 Å². The van der Waals surface area contributed by atoms with Crippen LogP contribution in [-0.2, 0) is 0 Å². The van der Waals surface area contributed by atoms with Crippen molar-refractivity contribution >= 4 is 23.0 Å². The van der Waals surface area contributed by atoms with Crippen molar-refractivity contribution < 1.29 is 9.64 Å². The second-order valence-corrected chi connectivity index (χ2v) is 7.70. The van der Waals surface area contributed by atoms with Crippen molar-refractivity contribution in [1.29, 1.82) is 0 Å². The fourth-order valence-corrected chi connectivity index (χ4v) is 4.00. The van der Waals surface area contributed by atoms with Gasteiger partial charge in [0, 0.05) is 18.5 Å². The number of ether oxygens (including phenoxy) is 1. The zero-order valence-corrected chi connectivity index (χ0v) is 17.3. The predicted octanol–water partition coefficient (Wildman–Crippen LogP) is 3.02. The molecule has 1 saturated heterocycles. The molecule has 2 aromatic rings. The van der Waals surface area contributed by atoms with Crippen molar-refractivity contribution in [3.63, 3.8) is 0 Å². The molecule has 1 aliphatic rings. The molecule has 1 aliphatic heterocycles. The van der Waals surface area contributed by atoms with Gasteiger partial charge in [0.15, 0.2) is 5.11 Å². The third-order valence-electron chi connectivity index (χ3n) is 5.48.